The number of nitrogens with zero attached hydrogens (tertiary/aromatic N) is 3. The summed E-state index contributed by atoms with van der Waals surface area (Å²) in [4.78, 5) is 7.02. The molecule has 2 aliphatic heterocycles. The summed E-state index contributed by atoms with van der Waals surface area (Å²) >= 11 is 6.79. The number of pyridine rings is 1. The van der Waals surface area contributed by atoms with Crippen molar-refractivity contribution < 1.29 is 4.21 Å². The van der Waals surface area contributed by atoms with E-state index in [9.17, 15) is 4.21 Å². The zero-order valence-electron chi connectivity index (χ0n) is 18.4. The number of hydrogen-bond acceptors (Lipinski definition) is 4. The minimum Gasteiger partial charge on any atom is -0.300 e. The molecule has 2 aromatic heterocycles. The van der Waals surface area contributed by atoms with Gasteiger partial charge >= 0.3 is 0 Å². The van der Waals surface area contributed by atoms with Gasteiger partial charge in [-0.3, -0.25) is 19.2 Å². The molecule has 0 amide bonds. The topological polar surface area (TPSA) is 61.9 Å². The van der Waals surface area contributed by atoms with Crippen molar-refractivity contribution in [2.75, 3.05) is 24.6 Å². The van der Waals surface area contributed by atoms with Gasteiger partial charge in [-0.1, -0.05) is 11.6 Å². The number of aromatic amines is 1. The second-order valence-corrected chi connectivity index (χ2v) is 12.0. The number of hydrogen-bond donors (Lipinski definition) is 1. The molecule has 1 unspecified atom stereocenters. The Morgan fingerprint density at radius 3 is 2.59 bits per heavy atom. The molecule has 2 saturated heterocycles. The van der Waals surface area contributed by atoms with E-state index in [0.29, 0.717) is 12.0 Å². The van der Waals surface area contributed by atoms with Crippen LogP contribution in [0.25, 0.3) is 22.2 Å². The number of halogens is 1. The zero-order chi connectivity index (χ0) is 21.8. The molecule has 1 aromatic carbocycles. The first-order chi connectivity index (χ1) is 15.5. The highest BCUT2D eigenvalue weighted by Crippen LogP contribution is 2.49. The van der Waals surface area contributed by atoms with Crippen LogP contribution in [0.15, 0.2) is 30.5 Å². The van der Waals surface area contributed by atoms with Crippen LogP contribution in [-0.2, 0) is 10.8 Å². The third kappa shape index (κ3) is 3.70. The van der Waals surface area contributed by atoms with E-state index in [0.717, 1.165) is 69.1 Å². The molecule has 3 aliphatic rings. The van der Waals surface area contributed by atoms with Crippen LogP contribution in [0.1, 0.15) is 42.9 Å². The average Bonchev–Trinajstić information content (AvgIpc) is 3.46. The van der Waals surface area contributed by atoms with Gasteiger partial charge in [0.15, 0.2) is 0 Å². The Hall–Kier alpha value is -1.76. The van der Waals surface area contributed by atoms with Crippen LogP contribution in [0, 0.1) is 18.8 Å². The lowest BCUT2D eigenvalue weighted by Gasteiger charge is -2.31. The summed E-state index contributed by atoms with van der Waals surface area (Å²) in [7, 11) is -0.578. The molecule has 7 heteroatoms. The van der Waals surface area contributed by atoms with E-state index in [-0.39, 0.29) is 0 Å². The van der Waals surface area contributed by atoms with Gasteiger partial charge in [0.1, 0.15) is 5.69 Å². The van der Waals surface area contributed by atoms with Crippen LogP contribution >= 0.6 is 11.6 Å². The Bertz CT molecular complexity index is 1170. The number of H-pyrrole nitrogens is 1. The van der Waals surface area contributed by atoms with Gasteiger partial charge in [0, 0.05) is 69.3 Å². The molecule has 32 heavy (non-hydrogen) atoms. The molecule has 0 radical (unpaired) electrons. The van der Waals surface area contributed by atoms with Crippen LogP contribution < -0.4 is 0 Å². The maximum atomic E-state index is 11.7. The molecule has 5 nitrogen and oxygen atoms in total. The minimum atomic E-state index is -0.578. The predicted molar refractivity (Wildman–Crippen MR) is 130 cm³/mol. The second-order valence-electron chi connectivity index (χ2n) is 9.90. The molecule has 3 aromatic rings. The molecule has 4 heterocycles. The first kappa shape index (κ1) is 20.8. The van der Waals surface area contributed by atoms with Crippen LogP contribution in [0.3, 0.4) is 0 Å². The molecule has 6 rings (SSSR count). The SMILES string of the molecule is Cc1cc(-c2n[nH]c3cc(Cl)c(C4C[C@@H]5CN(C6CCS(=O)CC6)C[C@@H]5C4)cc23)ccn1. The molecular weight excluding hydrogens is 440 g/mol. The Labute approximate surface area is 196 Å². The van der Waals surface area contributed by atoms with E-state index >= 15 is 0 Å². The number of aromatic nitrogens is 3. The number of likely N-dealkylation sites (tertiary alicyclic amines) is 1. The van der Waals surface area contributed by atoms with Crippen LogP contribution in [0.2, 0.25) is 5.02 Å². The van der Waals surface area contributed by atoms with Gasteiger partial charge in [0.25, 0.3) is 0 Å². The maximum Gasteiger partial charge on any atom is 0.100 e. The van der Waals surface area contributed by atoms with E-state index in [4.69, 9.17) is 11.6 Å². The van der Waals surface area contributed by atoms with Crippen molar-refractivity contribution in [2.24, 2.45) is 11.8 Å². The highest BCUT2D eigenvalue weighted by Gasteiger charge is 2.43. The van der Waals surface area contributed by atoms with E-state index in [2.05, 4.69) is 38.3 Å². The maximum absolute atomic E-state index is 11.7. The first-order valence-electron chi connectivity index (χ1n) is 11.7. The first-order valence-corrected chi connectivity index (χ1v) is 13.6. The van der Waals surface area contributed by atoms with E-state index < -0.39 is 10.8 Å². The van der Waals surface area contributed by atoms with Crippen LogP contribution in [0.4, 0.5) is 0 Å². The lowest BCUT2D eigenvalue weighted by Crippen LogP contribution is -2.39. The Balaban J connectivity index is 1.23. The second kappa shape index (κ2) is 8.23. The Kier molecular flexibility index (Phi) is 5.35. The number of nitrogens with one attached hydrogen (secondary N) is 1. The highest BCUT2D eigenvalue weighted by molar-refractivity contribution is 7.85. The number of benzene rings is 1. The van der Waals surface area contributed by atoms with Gasteiger partial charge < -0.3 is 0 Å². The normalized spacial score (nSPS) is 30.8. The summed E-state index contributed by atoms with van der Waals surface area (Å²) in [5.41, 5.74) is 5.32. The van der Waals surface area contributed by atoms with Gasteiger partial charge in [0.2, 0.25) is 0 Å². The van der Waals surface area contributed by atoms with Crippen molar-refractivity contribution >= 4 is 33.3 Å². The molecule has 1 N–H and O–H groups in total. The summed E-state index contributed by atoms with van der Waals surface area (Å²) in [6, 6.07) is 9.09. The molecule has 3 atom stereocenters. The van der Waals surface area contributed by atoms with Crippen molar-refractivity contribution in [1.29, 1.82) is 0 Å². The quantitative estimate of drug-likeness (QED) is 0.592. The third-order valence-corrected chi connectivity index (χ3v) is 9.65. The summed E-state index contributed by atoms with van der Waals surface area (Å²) in [6.07, 6.45) is 6.49. The smallest absolute Gasteiger partial charge is 0.100 e. The lowest BCUT2D eigenvalue weighted by atomic mass is 9.93. The van der Waals surface area contributed by atoms with Crippen molar-refractivity contribution in [3.8, 4) is 11.3 Å². The fourth-order valence-corrected chi connectivity index (χ4v) is 7.91. The molecule has 0 bridgehead atoms. The Morgan fingerprint density at radius 2 is 1.88 bits per heavy atom. The molecule has 3 fully saturated rings. The highest BCUT2D eigenvalue weighted by atomic mass is 35.5. The van der Waals surface area contributed by atoms with Gasteiger partial charge in [-0.05, 0) is 80.2 Å². The third-order valence-electron chi connectivity index (χ3n) is 7.94. The summed E-state index contributed by atoms with van der Waals surface area (Å²) in [6.45, 7) is 4.41. The minimum absolute atomic E-state index is 0.518. The van der Waals surface area contributed by atoms with Crippen molar-refractivity contribution in [1.82, 2.24) is 20.1 Å². The van der Waals surface area contributed by atoms with E-state index in [1.807, 2.05) is 19.2 Å². The summed E-state index contributed by atoms with van der Waals surface area (Å²) in [5.74, 6) is 3.80. The zero-order valence-corrected chi connectivity index (χ0v) is 20.0. The standard InChI is InChI=1S/C25H29ClN4OS/c1-15-8-16(2-5-27-15)25-22-11-21(23(26)12-24(22)28-29-25)17-9-18-13-30(14-19(18)10-17)20-3-6-32(31)7-4-20/h2,5,8,11-12,17-20H,3-4,6-7,9-10,13-14H2,1H3,(H,28,29)/t17?,18-,19+,20?,32?. The largest absolute Gasteiger partial charge is 0.300 e. The van der Waals surface area contributed by atoms with Gasteiger partial charge in [-0.2, -0.15) is 5.10 Å². The molecular formula is C25H29ClN4OS. The van der Waals surface area contributed by atoms with E-state index in [1.54, 1.807) is 0 Å². The van der Waals surface area contributed by atoms with Crippen molar-refractivity contribution in [3.05, 3.63) is 46.7 Å². The van der Waals surface area contributed by atoms with Gasteiger partial charge in [-0.25, -0.2) is 0 Å². The number of aryl methyl sites for hydroxylation is 1. The lowest BCUT2D eigenvalue weighted by molar-refractivity contribution is 0.210. The van der Waals surface area contributed by atoms with Gasteiger partial charge in [0.05, 0.1) is 5.52 Å². The van der Waals surface area contributed by atoms with Gasteiger partial charge in [-0.15, -0.1) is 0 Å². The van der Waals surface area contributed by atoms with Crippen molar-refractivity contribution in [3.63, 3.8) is 0 Å². The van der Waals surface area contributed by atoms with Crippen LogP contribution in [0.5, 0.6) is 0 Å². The molecule has 168 valence electrons. The number of fused-ring (bicyclic) bond motifs is 2. The summed E-state index contributed by atoms with van der Waals surface area (Å²) in [5, 5.41) is 9.77. The molecule has 1 aliphatic carbocycles. The number of rotatable bonds is 3. The predicted octanol–water partition coefficient (Wildman–Crippen LogP) is 4.92. The monoisotopic (exact) mass is 468 g/mol. The average molecular weight is 469 g/mol. The van der Waals surface area contributed by atoms with Crippen molar-refractivity contribution in [2.45, 2.75) is 44.6 Å². The molecule has 0 spiro atoms. The summed E-state index contributed by atoms with van der Waals surface area (Å²) < 4.78 is 11.7. The van der Waals surface area contributed by atoms with Crippen LogP contribution in [-0.4, -0.2) is 54.9 Å². The fourth-order valence-electron chi connectivity index (χ4n) is 6.32. The fraction of sp³-hybridized carbons (Fsp3) is 0.520. The molecule has 1 saturated carbocycles. The van der Waals surface area contributed by atoms with E-state index in [1.165, 1.54) is 31.5 Å². The Morgan fingerprint density at radius 1 is 1.12 bits per heavy atom.